The Bertz CT molecular complexity index is 336. The number of hydrogen-bond donors (Lipinski definition) is 0. The van der Waals surface area contributed by atoms with E-state index in [9.17, 15) is 4.39 Å². The molecule has 1 fully saturated rings. The normalized spacial score (nSPS) is 21.6. The summed E-state index contributed by atoms with van der Waals surface area (Å²) >= 11 is 3.42. The van der Waals surface area contributed by atoms with Crippen LogP contribution in [-0.2, 0) is 9.47 Å². The molecule has 0 aliphatic carbocycles. The molecule has 17 heavy (non-hydrogen) atoms. The minimum absolute atomic E-state index is 0.0419. The number of halogens is 2. The van der Waals surface area contributed by atoms with Crippen molar-refractivity contribution >= 4 is 15.9 Å². The van der Waals surface area contributed by atoms with Gasteiger partial charge in [-0.25, -0.2) is 4.39 Å². The van der Waals surface area contributed by atoms with Gasteiger partial charge in [-0.1, -0.05) is 28.1 Å². The second kappa shape index (κ2) is 6.47. The van der Waals surface area contributed by atoms with E-state index in [1.54, 1.807) is 12.1 Å². The first-order valence-corrected chi connectivity index (χ1v) is 6.96. The van der Waals surface area contributed by atoms with Crippen LogP contribution in [0.1, 0.15) is 24.5 Å². The first kappa shape index (κ1) is 13.0. The molecular formula is C13H16BrFO2. The maximum absolute atomic E-state index is 12.8. The highest BCUT2D eigenvalue weighted by Gasteiger charge is 2.18. The monoisotopic (exact) mass is 302 g/mol. The lowest BCUT2D eigenvalue weighted by Gasteiger charge is -2.18. The predicted molar refractivity (Wildman–Crippen MR) is 67.9 cm³/mol. The van der Waals surface area contributed by atoms with E-state index in [4.69, 9.17) is 9.47 Å². The second-order valence-electron chi connectivity index (χ2n) is 4.16. The molecule has 2 nitrogen and oxygen atoms in total. The second-order valence-corrected chi connectivity index (χ2v) is 4.81. The average molecular weight is 303 g/mol. The standard InChI is InChI=1S/C13H16BrFO2/c14-8-13(10-3-5-11(15)6-4-10)17-9-12-2-1-7-16-12/h3-6,12-13H,1-2,7-9H2. The first-order valence-electron chi connectivity index (χ1n) is 5.84. The average Bonchev–Trinajstić information content (AvgIpc) is 2.85. The zero-order valence-electron chi connectivity index (χ0n) is 9.57. The van der Waals surface area contributed by atoms with E-state index in [2.05, 4.69) is 15.9 Å². The van der Waals surface area contributed by atoms with Crippen molar-refractivity contribution in [1.82, 2.24) is 0 Å². The van der Waals surface area contributed by atoms with Crippen LogP contribution in [-0.4, -0.2) is 24.6 Å². The van der Waals surface area contributed by atoms with Crippen molar-refractivity contribution in [2.75, 3.05) is 18.5 Å². The lowest BCUT2D eigenvalue weighted by atomic mass is 10.1. The van der Waals surface area contributed by atoms with Gasteiger partial charge in [0.15, 0.2) is 0 Å². The van der Waals surface area contributed by atoms with Crippen LogP contribution in [0.25, 0.3) is 0 Å². The number of ether oxygens (including phenoxy) is 2. The number of benzene rings is 1. The van der Waals surface area contributed by atoms with Crippen LogP contribution >= 0.6 is 15.9 Å². The van der Waals surface area contributed by atoms with E-state index in [-0.39, 0.29) is 18.0 Å². The summed E-state index contributed by atoms with van der Waals surface area (Å²) < 4.78 is 24.1. The fraction of sp³-hybridized carbons (Fsp3) is 0.538. The third-order valence-corrected chi connectivity index (χ3v) is 3.48. The van der Waals surface area contributed by atoms with Gasteiger partial charge in [-0.3, -0.25) is 0 Å². The van der Waals surface area contributed by atoms with Gasteiger partial charge in [0.25, 0.3) is 0 Å². The van der Waals surface area contributed by atoms with Crippen LogP contribution in [0.3, 0.4) is 0 Å². The van der Waals surface area contributed by atoms with Crippen molar-refractivity contribution in [1.29, 1.82) is 0 Å². The Labute approximate surface area is 109 Å². The smallest absolute Gasteiger partial charge is 0.123 e. The molecular weight excluding hydrogens is 287 g/mol. The van der Waals surface area contributed by atoms with Gasteiger partial charge in [0.05, 0.1) is 18.8 Å². The molecule has 94 valence electrons. The fourth-order valence-electron chi connectivity index (χ4n) is 1.91. The highest BCUT2D eigenvalue weighted by atomic mass is 79.9. The summed E-state index contributed by atoms with van der Waals surface area (Å²) in [5.74, 6) is -0.221. The van der Waals surface area contributed by atoms with Crippen molar-refractivity contribution in [3.63, 3.8) is 0 Å². The molecule has 0 spiro atoms. The summed E-state index contributed by atoms with van der Waals surface area (Å²) in [6, 6.07) is 6.44. The van der Waals surface area contributed by atoms with Gasteiger partial charge in [-0.05, 0) is 30.5 Å². The van der Waals surface area contributed by atoms with Crippen molar-refractivity contribution in [2.24, 2.45) is 0 Å². The molecule has 1 aliphatic heterocycles. The number of alkyl halides is 1. The Morgan fingerprint density at radius 1 is 1.41 bits per heavy atom. The minimum atomic E-state index is -0.221. The maximum Gasteiger partial charge on any atom is 0.123 e. The molecule has 1 aromatic carbocycles. The molecule has 1 aromatic rings. The van der Waals surface area contributed by atoms with Crippen molar-refractivity contribution in [3.8, 4) is 0 Å². The van der Waals surface area contributed by atoms with Crippen molar-refractivity contribution < 1.29 is 13.9 Å². The number of rotatable bonds is 5. The SMILES string of the molecule is Fc1ccc(C(CBr)OCC2CCCO2)cc1. The summed E-state index contributed by atoms with van der Waals surface area (Å²) in [4.78, 5) is 0. The Kier molecular flexibility index (Phi) is 4.95. The molecule has 2 rings (SSSR count). The topological polar surface area (TPSA) is 18.5 Å². The van der Waals surface area contributed by atoms with Gasteiger partial charge in [0.2, 0.25) is 0 Å². The highest BCUT2D eigenvalue weighted by molar-refractivity contribution is 9.09. The lowest BCUT2D eigenvalue weighted by Crippen LogP contribution is -2.17. The van der Waals surface area contributed by atoms with Gasteiger partial charge in [-0.2, -0.15) is 0 Å². The van der Waals surface area contributed by atoms with E-state index in [0.717, 1.165) is 25.0 Å². The Morgan fingerprint density at radius 2 is 2.18 bits per heavy atom. The third kappa shape index (κ3) is 3.76. The van der Waals surface area contributed by atoms with Gasteiger partial charge in [0.1, 0.15) is 5.82 Å². The molecule has 0 radical (unpaired) electrons. The predicted octanol–water partition coefficient (Wildman–Crippen LogP) is 3.46. The van der Waals surface area contributed by atoms with Crippen LogP contribution in [0.4, 0.5) is 4.39 Å². The Morgan fingerprint density at radius 3 is 2.76 bits per heavy atom. The molecule has 1 heterocycles. The lowest BCUT2D eigenvalue weighted by molar-refractivity contribution is -0.0127. The van der Waals surface area contributed by atoms with Gasteiger partial charge in [0, 0.05) is 11.9 Å². The van der Waals surface area contributed by atoms with Gasteiger partial charge in [-0.15, -0.1) is 0 Å². The molecule has 0 N–H and O–H groups in total. The van der Waals surface area contributed by atoms with E-state index in [1.807, 2.05) is 0 Å². The molecule has 0 amide bonds. The molecule has 4 heteroatoms. The van der Waals surface area contributed by atoms with Crippen LogP contribution in [0.2, 0.25) is 0 Å². The van der Waals surface area contributed by atoms with Gasteiger partial charge >= 0.3 is 0 Å². The summed E-state index contributed by atoms with van der Waals surface area (Å²) in [6.07, 6.45) is 2.36. The van der Waals surface area contributed by atoms with Crippen LogP contribution < -0.4 is 0 Å². The van der Waals surface area contributed by atoms with Crippen molar-refractivity contribution in [3.05, 3.63) is 35.6 Å². The van der Waals surface area contributed by atoms with Crippen LogP contribution in [0, 0.1) is 5.82 Å². The molecule has 2 unspecified atom stereocenters. The number of hydrogen-bond acceptors (Lipinski definition) is 2. The molecule has 1 saturated heterocycles. The van der Waals surface area contributed by atoms with Crippen molar-refractivity contribution in [2.45, 2.75) is 25.0 Å². The third-order valence-electron chi connectivity index (χ3n) is 2.89. The zero-order valence-corrected chi connectivity index (χ0v) is 11.2. The largest absolute Gasteiger partial charge is 0.376 e. The Balaban J connectivity index is 1.89. The molecule has 1 aliphatic rings. The molecule has 0 aromatic heterocycles. The fourth-order valence-corrected chi connectivity index (χ4v) is 2.47. The summed E-state index contributed by atoms with van der Waals surface area (Å²) in [5.41, 5.74) is 0.987. The molecule has 0 bridgehead atoms. The molecule has 2 atom stereocenters. The quantitative estimate of drug-likeness (QED) is 0.776. The van der Waals surface area contributed by atoms with Crippen LogP contribution in [0.15, 0.2) is 24.3 Å². The minimum Gasteiger partial charge on any atom is -0.376 e. The van der Waals surface area contributed by atoms with E-state index in [1.165, 1.54) is 12.1 Å². The zero-order chi connectivity index (χ0) is 12.1. The van der Waals surface area contributed by atoms with E-state index in [0.29, 0.717) is 11.9 Å². The Hall–Kier alpha value is -0.450. The van der Waals surface area contributed by atoms with Gasteiger partial charge < -0.3 is 9.47 Å². The first-order chi connectivity index (χ1) is 8.29. The van der Waals surface area contributed by atoms with E-state index >= 15 is 0 Å². The summed E-state index contributed by atoms with van der Waals surface area (Å²) in [6.45, 7) is 1.44. The maximum atomic E-state index is 12.8. The van der Waals surface area contributed by atoms with Crippen LogP contribution in [0.5, 0.6) is 0 Å². The summed E-state index contributed by atoms with van der Waals surface area (Å²) in [5, 5.41) is 0.700. The van der Waals surface area contributed by atoms with E-state index < -0.39 is 0 Å². The highest BCUT2D eigenvalue weighted by Crippen LogP contribution is 2.22. The molecule has 0 saturated carbocycles. The summed E-state index contributed by atoms with van der Waals surface area (Å²) in [7, 11) is 0.